The van der Waals surface area contributed by atoms with Crippen LogP contribution in [0, 0.1) is 0 Å². The molecule has 0 aliphatic heterocycles. The van der Waals surface area contributed by atoms with Crippen LogP contribution in [-0.4, -0.2) is 29.3 Å². The molecule has 0 saturated carbocycles. The summed E-state index contributed by atoms with van der Waals surface area (Å²) in [6.45, 7) is 0.284. The number of nitrogens with zero attached hydrogens (tertiary/aromatic N) is 1. The van der Waals surface area contributed by atoms with Crippen molar-refractivity contribution >= 4 is 58.1 Å². The highest BCUT2D eigenvalue weighted by molar-refractivity contribution is 6.42. The van der Waals surface area contributed by atoms with Gasteiger partial charge in [-0.05, 0) is 48.7 Å². The van der Waals surface area contributed by atoms with Crippen LogP contribution >= 0.6 is 34.8 Å². The van der Waals surface area contributed by atoms with Crippen LogP contribution in [-0.2, 0) is 20.8 Å². The van der Waals surface area contributed by atoms with Gasteiger partial charge in [0.25, 0.3) is 0 Å². The number of aryl methyl sites for hydroxylation is 1. The number of rotatable bonds is 8. The first-order chi connectivity index (χ1) is 12.8. The van der Waals surface area contributed by atoms with E-state index in [1.165, 1.54) is 17.0 Å². The van der Waals surface area contributed by atoms with Gasteiger partial charge in [-0.2, -0.15) is 0 Å². The molecule has 27 heavy (non-hydrogen) atoms. The summed E-state index contributed by atoms with van der Waals surface area (Å²) in [5, 5.41) is 9.97. The highest BCUT2D eigenvalue weighted by Crippen LogP contribution is 2.28. The molecule has 1 amide bonds. The molecule has 1 N–H and O–H groups in total. The highest BCUT2D eigenvalue weighted by Gasteiger charge is 2.23. The third-order valence-corrected chi connectivity index (χ3v) is 4.82. The van der Waals surface area contributed by atoms with Crippen LogP contribution in [0.3, 0.4) is 0 Å². The summed E-state index contributed by atoms with van der Waals surface area (Å²) in [6.07, 6.45) is 0.542. The van der Waals surface area contributed by atoms with Crippen LogP contribution in [0.1, 0.15) is 18.4 Å². The number of carboxylic acid groups (broad SMARTS) is 1. The summed E-state index contributed by atoms with van der Waals surface area (Å²) in [5.41, 5.74) is 1.49. The number of carbonyl (C=O) groups excluding carboxylic acids is 2. The predicted molar refractivity (Wildman–Crippen MR) is 106 cm³/mol. The summed E-state index contributed by atoms with van der Waals surface area (Å²) < 4.78 is 0. The first kappa shape index (κ1) is 21.2. The van der Waals surface area contributed by atoms with E-state index in [1.807, 2.05) is 12.1 Å². The van der Waals surface area contributed by atoms with Crippen molar-refractivity contribution in [1.29, 1.82) is 0 Å². The van der Waals surface area contributed by atoms with Crippen LogP contribution in [0.2, 0.25) is 15.1 Å². The van der Waals surface area contributed by atoms with E-state index in [9.17, 15) is 14.4 Å². The van der Waals surface area contributed by atoms with Crippen molar-refractivity contribution in [2.75, 3.05) is 11.4 Å². The maximum absolute atomic E-state index is 12.5. The Hall–Kier alpha value is -2.08. The minimum Gasteiger partial charge on any atom is -0.475 e. The summed E-state index contributed by atoms with van der Waals surface area (Å²) in [6, 6.07) is 12.0. The zero-order chi connectivity index (χ0) is 20.0. The van der Waals surface area contributed by atoms with Crippen LogP contribution in [0.15, 0.2) is 42.5 Å². The number of carbonyl (C=O) groups is 3. The number of amides is 1. The average Bonchev–Trinajstić information content (AvgIpc) is 2.62. The van der Waals surface area contributed by atoms with Crippen LogP contribution in [0.25, 0.3) is 0 Å². The fourth-order valence-electron chi connectivity index (χ4n) is 2.45. The van der Waals surface area contributed by atoms with Gasteiger partial charge in [0, 0.05) is 17.3 Å². The quantitative estimate of drug-likeness (QED) is 0.490. The van der Waals surface area contributed by atoms with Gasteiger partial charge in [0.1, 0.15) is 0 Å². The Balaban J connectivity index is 2.14. The Morgan fingerprint density at radius 2 is 1.59 bits per heavy atom. The van der Waals surface area contributed by atoms with Crippen molar-refractivity contribution in [2.45, 2.75) is 19.3 Å². The van der Waals surface area contributed by atoms with Crippen LogP contribution < -0.4 is 4.90 Å². The molecule has 0 atom stereocenters. The molecule has 2 aromatic rings. The predicted octanol–water partition coefficient (Wildman–Crippen LogP) is 4.66. The highest BCUT2D eigenvalue weighted by atomic mass is 35.5. The van der Waals surface area contributed by atoms with E-state index in [1.54, 1.807) is 18.2 Å². The molecule has 0 spiro atoms. The summed E-state index contributed by atoms with van der Waals surface area (Å²) >= 11 is 17.8. The summed E-state index contributed by atoms with van der Waals surface area (Å²) in [4.78, 5) is 36.0. The van der Waals surface area contributed by atoms with Crippen molar-refractivity contribution in [3.8, 4) is 0 Å². The molecular formula is C19H16Cl3NO4. The number of halogens is 3. The van der Waals surface area contributed by atoms with Crippen LogP contribution in [0.4, 0.5) is 5.69 Å². The average molecular weight is 429 g/mol. The van der Waals surface area contributed by atoms with Crippen molar-refractivity contribution in [3.05, 3.63) is 63.1 Å². The van der Waals surface area contributed by atoms with Gasteiger partial charge < -0.3 is 10.0 Å². The van der Waals surface area contributed by atoms with E-state index >= 15 is 0 Å². The molecule has 142 valence electrons. The SMILES string of the molecule is O=C(O)C(=O)CC(=O)N(CCCc1ccc(Cl)cc1)c1ccc(Cl)c(Cl)c1. The molecule has 0 bridgehead atoms. The molecule has 2 rings (SSSR count). The number of carboxylic acids is 1. The van der Waals surface area contributed by atoms with E-state index in [0.717, 1.165) is 5.56 Å². The van der Waals surface area contributed by atoms with Crippen molar-refractivity contribution in [3.63, 3.8) is 0 Å². The first-order valence-electron chi connectivity index (χ1n) is 8.04. The smallest absolute Gasteiger partial charge is 0.372 e. The molecule has 0 heterocycles. The number of benzene rings is 2. The Bertz CT molecular complexity index is 853. The van der Waals surface area contributed by atoms with Gasteiger partial charge in [-0.15, -0.1) is 0 Å². The fraction of sp³-hybridized carbons (Fsp3) is 0.211. The number of anilines is 1. The molecule has 0 fully saturated rings. The van der Waals surface area contributed by atoms with Gasteiger partial charge in [-0.1, -0.05) is 46.9 Å². The topological polar surface area (TPSA) is 74.7 Å². The lowest BCUT2D eigenvalue weighted by atomic mass is 10.1. The van der Waals surface area contributed by atoms with Gasteiger partial charge >= 0.3 is 5.97 Å². The van der Waals surface area contributed by atoms with Gasteiger partial charge in [-0.25, -0.2) is 4.79 Å². The van der Waals surface area contributed by atoms with E-state index in [2.05, 4.69) is 0 Å². The molecule has 0 aliphatic rings. The minimum atomic E-state index is -1.64. The maximum Gasteiger partial charge on any atom is 0.372 e. The van der Waals surface area contributed by atoms with Gasteiger partial charge in [0.15, 0.2) is 0 Å². The number of Topliss-reactive ketones (excluding diaryl/α,β-unsaturated/α-hetero) is 1. The third kappa shape index (κ3) is 6.24. The maximum atomic E-state index is 12.5. The molecule has 0 unspecified atom stereocenters. The Kier molecular flexibility index (Phi) is 7.66. The first-order valence-corrected chi connectivity index (χ1v) is 9.17. The molecule has 8 heteroatoms. The lowest BCUT2D eigenvalue weighted by Gasteiger charge is -2.23. The Morgan fingerprint density at radius 1 is 0.926 bits per heavy atom. The monoisotopic (exact) mass is 427 g/mol. The van der Waals surface area contributed by atoms with Gasteiger partial charge in [-0.3, -0.25) is 9.59 Å². The van der Waals surface area contributed by atoms with Crippen molar-refractivity contribution < 1.29 is 19.5 Å². The number of hydrogen-bond acceptors (Lipinski definition) is 3. The number of ketones is 1. The third-order valence-electron chi connectivity index (χ3n) is 3.83. The fourth-order valence-corrected chi connectivity index (χ4v) is 2.87. The second kappa shape index (κ2) is 9.74. The number of aliphatic carboxylic acids is 1. The molecule has 0 aliphatic carbocycles. The van der Waals surface area contributed by atoms with E-state index in [0.29, 0.717) is 28.6 Å². The summed E-state index contributed by atoms with van der Waals surface area (Å²) in [7, 11) is 0. The molecule has 5 nitrogen and oxygen atoms in total. The molecule has 0 radical (unpaired) electrons. The standard InChI is InChI=1S/C19H16Cl3NO4/c20-13-5-3-12(4-6-13)2-1-9-23(18(25)11-17(24)19(26)27)14-7-8-15(21)16(22)10-14/h3-8,10H,1-2,9,11H2,(H,26,27). The Labute approximate surface area is 171 Å². The molecule has 0 saturated heterocycles. The van der Waals surface area contributed by atoms with Gasteiger partial charge in [0.2, 0.25) is 11.7 Å². The van der Waals surface area contributed by atoms with Crippen LogP contribution in [0.5, 0.6) is 0 Å². The second-order valence-corrected chi connectivity index (χ2v) is 7.03. The lowest BCUT2D eigenvalue weighted by molar-refractivity contribution is -0.150. The minimum absolute atomic E-state index is 0.259. The largest absolute Gasteiger partial charge is 0.475 e. The zero-order valence-corrected chi connectivity index (χ0v) is 16.4. The second-order valence-electron chi connectivity index (χ2n) is 5.78. The normalized spacial score (nSPS) is 10.5. The van der Waals surface area contributed by atoms with Crippen molar-refractivity contribution in [1.82, 2.24) is 0 Å². The summed E-state index contributed by atoms with van der Waals surface area (Å²) in [5.74, 6) is -3.42. The molecular weight excluding hydrogens is 413 g/mol. The van der Waals surface area contributed by atoms with E-state index < -0.39 is 24.1 Å². The zero-order valence-electron chi connectivity index (χ0n) is 14.1. The molecule has 2 aromatic carbocycles. The van der Waals surface area contributed by atoms with E-state index in [4.69, 9.17) is 39.9 Å². The lowest BCUT2D eigenvalue weighted by Crippen LogP contribution is -2.35. The van der Waals surface area contributed by atoms with Crippen molar-refractivity contribution in [2.24, 2.45) is 0 Å². The molecule has 0 aromatic heterocycles. The van der Waals surface area contributed by atoms with E-state index in [-0.39, 0.29) is 11.6 Å². The number of hydrogen-bond donors (Lipinski definition) is 1. The Morgan fingerprint density at radius 3 is 2.19 bits per heavy atom. The van der Waals surface area contributed by atoms with Gasteiger partial charge in [0.05, 0.1) is 16.5 Å².